The number of alkyl carbamates (subject to hydrolysis) is 1. The molecule has 3 rings (SSSR count). The van der Waals surface area contributed by atoms with Crippen molar-refractivity contribution in [1.82, 2.24) is 20.3 Å². The van der Waals surface area contributed by atoms with Gasteiger partial charge in [0.2, 0.25) is 0 Å². The summed E-state index contributed by atoms with van der Waals surface area (Å²) in [5, 5.41) is 3.91. The van der Waals surface area contributed by atoms with Crippen LogP contribution in [0.2, 0.25) is 0 Å². The molecule has 1 fully saturated rings. The predicted octanol–water partition coefficient (Wildman–Crippen LogP) is 1.41. The summed E-state index contributed by atoms with van der Waals surface area (Å²) in [6.07, 6.45) is 2.75. The Kier molecular flexibility index (Phi) is 5.36. The number of hydroxylamine groups is 2. The van der Waals surface area contributed by atoms with Crippen molar-refractivity contribution in [3.8, 4) is 0 Å². The number of nitrogens with one attached hydrogen (secondary N) is 1. The van der Waals surface area contributed by atoms with Crippen molar-refractivity contribution in [2.75, 3.05) is 13.1 Å². The topological polar surface area (TPSA) is 138 Å². The highest BCUT2D eigenvalue weighted by atomic mass is 32.3. The molecule has 3 heterocycles. The summed E-state index contributed by atoms with van der Waals surface area (Å²) < 4.78 is 40.2. The molecule has 28 heavy (non-hydrogen) atoms. The van der Waals surface area contributed by atoms with E-state index in [-0.39, 0.29) is 19.6 Å². The molecule has 1 unspecified atom stereocenters. The predicted molar refractivity (Wildman–Crippen MR) is 98.4 cm³/mol. The lowest BCUT2D eigenvalue weighted by Crippen LogP contribution is -2.35. The van der Waals surface area contributed by atoms with Gasteiger partial charge in [-0.2, -0.15) is 13.5 Å². The Morgan fingerprint density at radius 1 is 1.46 bits per heavy atom. The Balaban J connectivity index is 1.66. The third kappa shape index (κ3) is 4.98. The van der Waals surface area contributed by atoms with E-state index in [0.717, 1.165) is 10.5 Å². The number of amides is 3. The van der Waals surface area contributed by atoms with Crippen molar-refractivity contribution in [2.45, 2.75) is 39.0 Å². The van der Waals surface area contributed by atoms with Crippen molar-refractivity contribution in [1.29, 1.82) is 0 Å². The number of urea groups is 1. The van der Waals surface area contributed by atoms with Crippen LogP contribution in [0.5, 0.6) is 0 Å². The molecule has 2 aliphatic rings. The smallest absolute Gasteiger partial charge is 0.418 e. The fourth-order valence-corrected chi connectivity index (χ4v) is 3.99. The average molecular weight is 432 g/mol. The fourth-order valence-electron chi connectivity index (χ4n) is 2.74. The van der Waals surface area contributed by atoms with Gasteiger partial charge in [-0.1, -0.05) is 0 Å². The molecule has 13 heteroatoms. The second-order valence-corrected chi connectivity index (χ2v) is 9.36. The van der Waals surface area contributed by atoms with Crippen molar-refractivity contribution in [3.05, 3.63) is 22.2 Å². The number of fused-ring (bicyclic) bond motifs is 2. The lowest BCUT2D eigenvalue weighted by atomic mass is 10.1. The van der Waals surface area contributed by atoms with Gasteiger partial charge in [0.05, 0.1) is 19.1 Å². The maximum atomic E-state index is 12.2. The lowest BCUT2D eigenvalue weighted by molar-refractivity contribution is -0.0183. The first kappa shape index (κ1) is 20.5. The van der Waals surface area contributed by atoms with E-state index in [2.05, 4.69) is 14.6 Å². The number of nitrogens with zero attached hydrogens (tertiary/aromatic N) is 3. The molecule has 11 nitrogen and oxygen atoms in total. The molecule has 0 aromatic carbocycles. The van der Waals surface area contributed by atoms with Gasteiger partial charge in [-0.3, -0.25) is 4.55 Å². The van der Waals surface area contributed by atoms with Gasteiger partial charge in [-0.15, -0.1) is 15.6 Å². The fraction of sp³-hybridized carbons (Fsp3) is 0.533. The summed E-state index contributed by atoms with van der Waals surface area (Å²) in [5.74, 6) is 0. The molecule has 2 N–H and O–H groups in total. The number of aromatic nitrogens is 1. The highest BCUT2D eigenvalue weighted by Gasteiger charge is 2.43. The van der Waals surface area contributed by atoms with E-state index in [1.807, 2.05) is 0 Å². The van der Waals surface area contributed by atoms with Gasteiger partial charge in [-0.05, 0) is 26.8 Å². The van der Waals surface area contributed by atoms with Crippen molar-refractivity contribution < 1.29 is 31.6 Å². The number of hydrogen-bond donors (Lipinski definition) is 2. The minimum Gasteiger partial charge on any atom is -0.444 e. The molecule has 2 aliphatic heterocycles. The molecule has 1 saturated heterocycles. The van der Waals surface area contributed by atoms with Gasteiger partial charge in [0.1, 0.15) is 10.6 Å². The molecule has 0 saturated carbocycles. The zero-order valence-electron chi connectivity index (χ0n) is 15.4. The normalized spacial score (nSPS) is 19.6. The van der Waals surface area contributed by atoms with Gasteiger partial charge < -0.3 is 15.0 Å². The second-order valence-electron chi connectivity index (χ2n) is 7.24. The van der Waals surface area contributed by atoms with Crippen molar-refractivity contribution >= 4 is 39.4 Å². The molecular formula is C15H20N4O7S2. The van der Waals surface area contributed by atoms with E-state index >= 15 is 0 Å². The first-order chi connectivity index (χ1) is 12.9. The van der Waals surface area contributed by atoms with E-state index < -0.39 is 34.2 Å². The number of ether oxygens (including phenoxy) is 1. The largest absolute Gasteiger partial charge is 0.444 e. The molecule has 154 valence electrons. The van der Waals surface area contributed by atoms with Crippen LogP contribution in [0.1, 0.15) is 30.7 Å². The third-order valence-electron chi connectivity index (χ3n) is 3.73. The van der Waals surface area contributed by atoms with Crippen LogP contribution in [-0.4, -0.2) is 64.8 Å². The van der Waals surface area contributed by atoms with Crippen LogP contribution in [0.15, 0.2) is 12.3 Å². The van der Waals surface area contributed by atoms with E-state index in [1.54, 1.807) is 33.0 Å². The summed E-state index contributed by atoms with van der Waals surface area (Å²) in [7, 11) is -4.80. The SMILES string of the molecule is CC(C)(C)OC(=O)NCc1cnc(C2=CC3CN(C2)C(=O)N3OS(=O)(=O)O)s1. The van der Waals surface area contributed by atoms with Crippen LogP contribution in [0, 0.1) is 0 Å². The minimum atomic E-state index is -4.80. The molecule has 1 aromatic heterocycles. The molecule has 1 atom stereocenters. The minimum absolute atomic E-state index is 0.229. The molecule has 1 aromatic rings. The Morgan fingerprint density at radius 2 is 2.18 bits per heavy atom. The summed E-state index contributed by atoms with van der Waals surface area (Å²) >= 11 is 1.33. The molecule has 0 aliphatic carbocycles. The summed E-state index contributed by atoms with van der Waals surface area (Å²) in [4.78, 5) is 30.4. The summed E-state index contributed by atoms with van der Waals surface area (Å²) in [6.45, 7) is 6.03. The third-order valence-corrected chi connectivity index (χ3v) is 5.15. The summed E-state index contributed by atoms with van der Waals surface area (Å²) in [6, 6.07) is -1.32. The molecule has 0 radical (unpaired) electrons. The van der Waals surface area contributed by atoms with Crippen LogP contribution in [0.4, 0.5) is 9.59 Å². The van der Waals surface area contributed by atoms with E-state index in [9.17, 15) is 18.0 Å². The first-order valence-electron chi connectivity index (χ1n) is 8.29. The Bertz CT molecular complexity index is 919. The monoisotopic (exact) mass is 432 g/mol. The number of carbonyl (C=O) groups is 2. The van der Waals surface area contributed by atoms with E-state index in [4.69, 9.17) is 9.29 Å². The quantitative estimate of drug-likeness (QED) is 0.666. The summed E-state index contributed by atoms with van der Waals surface area (Å²) in [5.41, 5.74) is 0.131. The Morgan fingerprint density at radius 3 is 2.82 bits per heavy atom. The zero-order chi connectivity index (χ0) is 20.7. The van der Waals surface area contributed by atoms with Crippen molar-refractivity contribution in [3.63, 3.8) is 0 Å². The van der Waals surface area contributed by atoms with Crippen LogP contribution in [0.25, 0.3) is 5.57 Å². The molecular weight excluding hydrogens is 412 g/mol. The molecule has 0 spiro atoms. The number of rotatable bonds is 5. The van der Waals surface area contributed by atoms with Gasteiger partial charge in [0, 0.05) is 23.2 Å². The van der Waals surface area contributed by atoms with Crippen LogP contribution < -0.4 is 5.32 Å². The van der Waals surface area contributed by atoms with E-state index in [0.29, 0.717) is 10.1 Å². The van der Waals surface area contributed by atoms with Gasteiger partial charge >= 0.3 is 22.5 Å². The molecule has 2 bridgehead atoms. The lowest BCUT2D eigenvalue weighted by Gasteiger charge is -2.20. The zero-order valence-corrected chi connectivity index (χ0v) is 17.0. The Labute approximate surface area is 165 Å². The van der Waals surface area contributed by atoms with Gasteiger partial charge in [-0.25, -0.2) is 14.6 Å². The van der Waals surface area contributed by atoms with Crippen LogP contribution >= 0.6 is 11.3 Å². The number of thiazole rings is 1. The Hall–Kier alpha value is -2.22. The second kappa shape index (κ2) is 7.31. The molecule has 3 amide bonds. The first-order valence-corrected chi connectivity index (χ1v) is 10.5. The number of hydrogen-bond acceptors (Lipinski definition) is 8. The standard InChI is InChI=1S/C15H20N4O7S2/c1-15(2,3)25-13(20)17-6-11-5-16-12(27-11)9-4-10-8-18(7-9)14(21)19(10)26-28(22,23)24/h4-5,10H,6-8H2,1-3H3,(H,17,20)(H,22,23,24). The van der Waals surface area contributed by atoms with Gasteiger partial charge in [0.15, 0.2) is 0 Å². The van der Waals surface area contributed by atoms with Gasteiger partial charge in [0.25, 0.3) is 0 Å². The van der Waals surface area contributed by atoms with Crippen LogP contribution in [0.3, 0.4) is 0 Å². The highest BCUT2D eigenvalue weighted by molar-refractivity contribution is 7.80. The number of carbonyl (C=O) groups excluding carboxylic acids is 2. The van der Waals surface area contributed by atoms with Crippen LogP contribution in [-0.2, 0) is 26.0 Å². The average Bonchev–Trinajstić information content (AvgIpc) is 3.10. The van der Waals surface area contributed by atoms with E-state index in [1.165, 1.54) is 16.2 Å². The maximum absolute atomic E-state index is 12.2. The highest BCUT2D eigenvalue weighted by Crippen LogP contribution is 2.31. The van der Waals surface area contributed by atoms with Crippen molar-refractivity contribution in [2.24, 2.45) is 0 Å². The maximum Gasteiger partial charge on any atom is 0.418 e.